The standard InChI is InChI=1S/C14H10/c1-3-7-13-11(5-1)9-10-12-6-2-4-8-14(12)13/h1-10H/i1D. The zero-order chi connectivity index (χ0) is 10.3. The molecule has 0 aromatic heterocycles. The van der Waals surface area contributed by atoms with E-state index in [1.165, 1.54) is 16.2 Å². The van der Waals surface area contributed by atoms with Gasteiger partial charge in [-0.25, -0.2) is 0 Å². The molecule has 0 aliphatic heterocycles. The van der Waals surface area contributed by atoms with Gasteiger partial charge in [0.25, 0.3) is 0 Å². The third kappa shape index (κ3) is 1.01. The highest BCUT2D eigenvalue weighted by Crippen LogP contribution is 2.24. The molecule has 0 spiro atoms. The van der Waals surface area contributed by atoms with Gasteiger partial charge in [-0.05, 0) is 21.5 Å². The quantitative estimate of drug-likeness (QED) is 0.458. The molecule has 0 fully saturated rings. The van der Waals surface area contributed by atoms with Crippen molar-refractivity contribution in [3.8, 4) is 0 Å². The lowest BCUT2D eigenvalue weighted by molar-refractivity contribution is 1.76. The van der Waals surface area contributed by atoms with E-state index in [1.807, 2.05) is 24.3 Å². The zero-order valence-electron chi connectivity index (χ0n) is 8.70. The maximum absolute atomic E-state index is 7.59. The molecule has 0 N–H and O–H groups in total. The molecule has 3 aromatic rings. The molecule has 14 heavy (non-hydrogen) atoms. The summed E-state index contributed by atoms with van der Waals surface area (Å²) in [7, 11) is 0. The number of benzene rings is 3. The first-order valence-corrected chi connectivity index (χ1v) is 4.73. The molecule has 3 aromatic carbocycles. The normalized spacial score (nSPS) is 11.9. The van der Waals surface area contributed by atoms with Crippen LogP contribution in [0.4, 0.5) is 0 Å². The van der Waals surface area contributed by atoms with Crippen molar-refractivity contribution in [3.63, 3.8) is 0 Å². The minimum absolute atomic E-state index is 0.567. The number of hydrogen-bond donors (Lipinski definition) is 0. The van der Waals surface area contributed by atoms with Crippen LogP contribution in [0.2, 0.25) is 0 Å². The van der Waals surface area contributed by atoms with Crippen molar-refractivity contribution < 1.29 is 1.37 Å². The second kappa shape index (κ2) is 2.85. The van der Waals surface area contributed by atoms with Crippen molar-refractivity contribution >= 4 is 21.5 Å². The minimum atomic E-state index is 0.567. The summed E-state index contributed by atoms with van der Waals surface area (Å²) in [6.45, 7) is 0. The summed E-state index contributed by atoms with van der Waals surface area (Å²) >= 11 is 0. The molecule has 0 bridgehead atoms. The first-order valence-electron chi connectivity index (χ1n) is 5.23. The van der Waals surface area contributed by atoms with Gasteiger partial charge in [0.15, 0.2) is 0 Å². The molecule has 0 nitrogen and oxygen atoms in total. The smallest absolute Gasteiger partial charge is 0.0616 e. The molecule has 0 atom stereocenters. The Bertz CT molecular complexity index is 641. The van der Waals surface area contributed by atoms with Crippen LogP contribution < -0.4 is 0 Å². The maximum Gasteiger partial charge on any atom is 0.0623 e. The van der Waals surface area contributed by atoms with E-state index in [-0.39, 0.29) is 0 Å². The Morgan fingerprint density at radius 1 is 0.643 bits per heavy atom. The predicted octanol–water partition coefficient (Wildman–Crippen LogP) is 3.99. The van der Waals surface area contributed by atoms with E-state index in [2.05, 4.69) is 30.3 Å². The van der Waals surface area contributed by atoms with E-state index in [0.29, 0.717) is 6.04 Å². The van der Waals surface area contributed by atoms with Crippen LogP contribution in [0, 0.1) is 0 Å². The van der Waals surface area contributed by atoms with Crippen molar-refractivity contribution in [1.29, 1.82) is 0 Å². The fraction of sp³-hybridized carbons (Fsp3) is 0. The summed E-state index contributed by atoms with van der Waals surface area (Å²) < 4.78 is 7.59. The Labute approximate surface area is 84.2 Å². The second-order valence-electron chi connectivity index (χ2n) is 3.43. The lowest BCUT2D eigenvalue weighted by Gasteiger charge is -2.02. The number of fused-ring (bicyclic) bond motifs is 3. The Kier molecular flexibility index (Phi) is 1.34. The first kappa shape index (κ1) is 6.61. The van der Waals surface area contributed by atoms with E-state index >= 15 is 0 Å². The van der Waals surface area contributed by atoms with Gasteiger partial charge in [-0.2, -0.15) is 0 Å². The van der Waals surface area contributed by atoms with Crippen molar-refractivity contribution in [2.75, 3.05) is 0 Å². The van der Waals surface area contributed by atoms with E-state index in [4.69, 9.17) is 1.37 Å². The van der Waals surface area contributed by atoms with Crippen LogP contribution in [0.25, 0.3) is 21.5 Å². The van der Waals surface area contributed by atoms with Crippen molar-refractivity contribution in [1.82, 2.24) is 0 Å². The highest BCUT2D eigenvalue weighted by atomic mass is 14.0. The molecular weight excluding hydrogens is 168 g/mol. The van der Waals surface area contributed by atoms with Gasteiger partial charge >= 0.3 is 0 Å². The Morgan fingerprint density at radius 3 is 2.14 bits per heavy atom. The van der Waals surface area contributed by atoms with Gasteiger partial charge in [0, 0.05) is 0 Å². The third-order valence-electron chi connectivity index (χ3n) is 2.59. The summed E-state index contributed by atoms with van der Waals surface area (Å²) in [6.07, 6.45) is 0. The average molecular weight is 179 g/mol. The monoisotopic (exact) mass is 179 g/mol. The average Bonchev–Trinajstić information content (AvgIpc) is 2.28. The summed E-state index contributed by atoms with van der Waals surface area (Å²) in [5.74, 6) is 0. The summed E-state index contributed by atoms with van der Waals surface area (Å²) in [4.78, 5) is 0. The summed E-state index contributed by atoms with van der Waals surface area (Å²) in [6, 6.07) is 18.9. The number of rotatable bonds is 0. The SMILES string of the molecule is [2H]c1ccc2c(ccc3ccccc32)c1. The van der Waals surface area contributed by atoms with Gasteiger partial charge in [0.05, 0.1) is 1.37 Å². The minimum Gasteiger partial charge on any atom is -0.0616 e. The summed E-state index contributed by atoms with van der Waals surface area (Å²) in [5.41, 5.74) is 0. The van der Waals surface area contributed by atoms with Crippen LogP contribution in [-0.4, -0.2) is 0 Å². The Balaban J connectivity index is 2.55. The van der Waals surface area contributed by atoms with Crippen molar-refractivity contribution in [3.05, 3.63) is 60.6 Å². The molecule has 0 heteroatoms. The lowest BCUT2D eigenvalue weighted by atomic mass is 10.0. The Morgan fingerprint density at radius 2 is 1.29 bits per heavy atom. The van der Waals surface area contributed by atoms with Crippen molar-refractivity contribution in [2.45, 2.75) is 0 Å². The van der Waals surface area contributed by atoms with Crippen LogP contribution in [-0.2, 0) is 0 Å². The fourth-order valence-corrected chi connectivity index (χ4v) is 1.89. The maximum atomic E-state index is 7.59. The van der Waals surface area contributed by atoms with Crippen molar-refractivity contribution in [2.24, 2.45) is 0 Å². The van der Waals surface area contributed by atoms with E-state index in [9.17, 15) is 0 Å². The largest absolute Gasteiger partial charge is 0.0623 e. The van der Waals surface area contributed by atoms with Crippen LogP contribution in [0.15, 0.2) is 60.6 Å². The molecule has 0 heterocycles. The van der Waals surface area contributed by atoms with Gasteiger partial charge in [-0.3, -0.25) is 0 Å². The topological polar surface area (TPSA) is 0 Å². The molecule has 0 aliphatic rings. The van der Waals surface area contributed by atoms with Gasteiger partial charge in [-0.1, -0.05) is 60.6 Å². The molecule has 3 rings (SSSR count). The molecule has 0 amide bonds. The van der Waals surface area contributed by atoms with Gasteiger partial charge in [-0.15, -0.1) is 0 Å². The highest BCUT2D eigenvalue weighted by molar-refractivity contribution is 6.07. The first-order chi connectivity index (χ1) is 7.34. The zero-order valence-corrected chi connectivity index (χ0v) is 7.70. The predicted molar refractivity (Wildman–Crippen MR) is 61.5 cm³/mol. The molecule has 66 valence electrons. The second-order valence-corrected chi connectivity index (χ2v) is 3.43. The van der Waals surface area contributed by atoms with E-state index in [1.54, 1.807) is 0 Å². The summed E-state index contributed by atoms with van der Waals surface area (Å²) in [5, 5.41) is 4.88. The van der Waals surface area contributed by atoms with Crippen LogP contribution in [0.5, 0.6) is 0 Å². The molecule has 0 aliphatic carbocycles. The van der Waals surface area contributed by atoms with Crippen LogP contribution in [0.3, 0.4) is 0 Å². The van der Waals surface area contributed by atoms with Gasteiger partial charge in [0.2, 0.25) is 0 Å². The fourth-order valence-electron chi connectivity index (χ4n) is 1.89. The third-order valence-corrected chi connectivity index (χ3v) is 2.59. The van der Waals surface area contributed by atoms with E-state index < -0.39 is 0 Å². The molecule has 0 saturated heterocycles. The van der Waals surface area contributed by atoms with Crippen LogP contribution in [0.1, 0.15) is 1.37 Å². The molecule has 0 saturated carbocycles. The van der Waals surface area contributed by atoms with Gasteiger partial charge < -0.3 is 0 Å². The highest BCUT2D eigenvalue weighted by Gasteiger charge is 1.97. The molecule has 0 unspecified atom stereocenters. The number of hydrogen-bond acceptors (Lipinski definition) is 0. The lowest BCUT2D eigenvalue weighted by Crippen LogP contribution is -1.75. The molecule has 0 radical (unpaired) electrons. The molecular formula is C14H10. The van der Waals surface area contributed by atoms with E-state index in [0.717, 1.165) is 5.39 Å². The van der Waals surface area contributed by atoms with Crippen LogP contribution >= 0.6 is 0 Å². The Hall–Kier alpha value is -1.82. The van der Waals surface area contributed by atoms with Gasteiger partial charge in [0.1, 0.15) is 0 Å².